The van der Waals surface area contributed by atoms with Crippen LogP contribution >= 0.6 is 0 Å². The summed E-state index contributed by atoms with van der Waals surface area (Å²) in [4.78, 5) is 0. The fourth-order valence-corrected chi connectivity index (χ4v) is 1.26. The van der Waals surface area contributed by atoms with Crippen LogP contribution < -0.4 is 0 Å². The predicted octanol–water partition coefficient (Wildman–Crippen LogP) is 1.62. The molecule has 0 saturated heterocycles. The Hall–Kier alpha value is -0.320. The van der Waals surface area contributed by atoms with Crippen LogP contribution in [0.25, 0.3) is 0 Å². The van der Waals surface area contributed by atoms with Crippen molar-refractivity contribution >= 4 is 0 Å². The quantitative estimate of drug-likeness (QED) is 0.280. The molecule has 0 aliphatic heterocycles. The van der Waals surface area contributed by atoms with E-state index in [4.69, 9.17) is 29.9 Å². The van der Waals surface area contributed by atoms with Crippen LogP contribution in [0.1, 0.15) is 53.4 Å². The highest BCUT2D eigenvalue weighted by Crippen LogP contribution is 1.91. The minimum atomic E-state index is 0.0278. The maximum Gasteiger partial charge on any atom is 0.0698 e. The first-order valence-corrected chi connectivity index (χ1v) is 10.4. The Morgan fingerprint density at radius 3 is 0.893 bits per heavy atom. The number of ether oxygens (including phenoxy) is 4. The van der Waals surface area contributed by atoms with E-state index in [0.29, 0.717) is 26.4 Å². The number of hydrogen-bond donors (Lipinski definition) is 4. The Kier molecular flexibility index (Phi) is 57.0. The molecule has 0 fully saturated rings. The second-order valence-electron chi connectivity index (χ2n) is 5.22. The maximum atomic E-state index is 8.09. The van der Waals surface area contributed by atoms with Crippen molar-refractivity contribution in [2.75, 3.05) is 79.3 Å². The minimum absolute atomic E-state index is 0.0278. The third kappa shape index (κ3) is 63.6. The number of hydrogen-bond acceptors (Lipinski definition) is 8. The molecule has 8 nitrogen and oxygen atoms in total. The van der Waals surface area contributed by atoms with Crippen LogP contribution in [0, 0.1) is 0 Å². The molecule has 4 N–H and O–H groups in total. The molecule has 0 amide bonds. The summed E-state index contributed by atoms with van der Waals surface area (Å²) in [7, 11) is 0. The second-order valence-corrected chi connectivity index (χ2v) is 5.22. The average molecular weight is 417 g/mol. The molecular formula is C20H48O8. The van der Waals surface area contributed by atoms with E-state index in [1.807, 2.05) is 13.8 Å². The van der Waals surface area contributed by atoms with Crippen molar-refractivity contribution in [2.45, 2.75) is 53.4 Å². The lowest BCUT2D eigenvalue weighted by Gasteiger charge is -1.99. The summed E-state index contributed by atoms with van der Waals surface area (Å²) in [6.45, 7) is 13.3. The highest BCUT2D eigenvalue weighted by atomic mass is 16.5. The molecule has 0 unspecified atom stereocenters. The van der Waals surface area contributed by atoms with E-state index in [0.717, 1.165) is 26.4 Å². The maximum absolute atomic E-state index is 8.09. The van der Waals surface area contributed by atoms with Crippen LogP contribution in [0.15, 0.2) is 0 Å². The van der Waals surface area contributed by atoms with Crippen LogP contribution in [0.4, 0.5) is 0 Å². The molecule has 0 rings (SSSR count). The molecule has 0 radical (unpaired) electrons. The Morgan fingerprint density at radius 2 is 0.714 bits per heavy atom. The van der Waals surface area contributed by atoms with Crippen LogP contribution in [0.2, 0.25) is 0 Å². The molecule has 0 aromatic rings. The Labute approximate surface area is 172 Å². The third-order valence-corrected chi connectivity index (χ3v) is 2.64. The van der Waals surface area contributed by atoms with Crippen LogP contribution in [-0.4, -0.2) is 99.7 Å². The van der Waals surface area contributed by atoms with Crippen molar-refractivity contribution in [3.05, 3.63) is 0 Å². The van der Waals surface area contributed by atoms with Crippen LogP contribution in [0.5, 0.6) is 0 Å². The number of unbranched alkanes of at least 4 members (excludes halogenated alkanes) is 2. The van der Waals surface area contributed by atoms with Gasteiger partial charge in [-0.3, -0.25) is 0 Å². The Bertz CT molecular complexity index is 171. The molecule has 0 aliphatic carbocycles. The van der Waals surface area contributed by atoms with Gasteiger partial charge < -0.3 is 39.4 Å². The molecule has 0 saturated carbocycles. The van der Waals surface area contributed by atoms with Gasteiger partial charge in [-0.05, 0) is 26.7 Å². The molecule has 0 aromatic heterocycles. The number of aliphatic hydroxyl groups is 4. The van der Waals surface area contributed by atoms with Gasteiger partial charge in [0.2, 0.25) is 0 Å². The third-order valence-electron chi connectivity index (χ3n) is 2.64. The van der Waals surface area contributed by atoms with Gasteiger partial charge in [-0.2, -0.15) is 0 Å². The van der Waals surface area contributed by atoms with Crippen molar-refractivity contribution < 1.29 is 39.4 Å². The lowest BCUT2D eigenvalue weighted by molar-refractivity contribution is 0.0649. The second kappa shape index (κ2) is 45.4. The van der Waals surface area contributed by atoms with Gasteiger partial charge >= 0.3 is 0 Å². The summed E-state index contributed by atoms with van der Waals surface area (Å²) in [5.41, 5.74) is 0. The standard InChI is InChI=1S/C8H18O.2C4H10O3.C4H10O/c1-3-5-7-9-8-6-4-2;2*5-1-3-7-4-2-6;1-3-5-4-2/h3-8H2,1-2H3;2*5-6H,1-4H2;3-4H2,1-2H3. The van der Waals surface area contributed by atoms with Gasteiger partial charge in [-0.1, -0.05) is 26.7 Å². The van der Waals surface area contributed by atoms with Gasteiger partial charge in [0, 0.05) is 26.4 Å². The van der Waals surface area contributed by atoms with Crippen LogP contribution in [-0.2, 0) is 18.9 Å². The summed E-state index contributed by atoms with van der Waals surface area (Å²) in [5.74, 6) is 0. The number of rotatable bonds is 16. The zero-order chi connectivity index (χ0) is 22.1. The molecule has 0 spiro atoms. The molecule has 0 atom stereocenters. The van der Waals surface area contributed by atoms with Crippen molar-refractivity contribution in [1.29, 1.82) is 0 Å². The smallest absolute Gasteiger partial charge is 0.0698 e. The predicted molar refractivity (Wildman–Crippen MR) is 113 cm³/mol. The van der Waals surface area contributed by atoms with Gasteiger partial charge in [0.15, 0.2) is 0 Å². The molecule has 8 heteroatoms. The monoisotopic (exact) mass is 416 g/mol. The lowest BCUT2D eigenvalue weighted by atomic mass is 10.3. The molecule has 0 bridgehead atoms. The average Bonchev–Trinajstić information content (AvgIpc) is 2.71. The highest BCUT2D eigenvalue weighted by Gasteiger charge is 1.84. The van der Waals surface area contributed by atoms with Crippen LogP contribution in [0.3, 0.4) is 0 Å². The fourth-order valence-electron chi connectivity index (χ4n) is 1.26. The minimum Gasteiger partial charge on any atom is -0.394 e. The van der Waals surface area contributed by atoms with Gasteiger partial charge in [-0.15, -0.1) is 0 Å². The lowest BCUT2D eigenvalue weighted by Crippen LogP contribution is -2.03. The Balaban J connectivity index is -0.000000140. The van der Waals surface area contributed by atoms with E-state index < -0.39 is 0 Å². The van der Waals surface area contributed by atoms with E-state index in [2.05, 4.69) is 23.3 Å². The number of aliphatic hydroxyl groups excluding tert-OH is 4. The summed E-state index contributed by atoms with van der Waals surface area (Å²) in [6.07, 6.45) is 4.91. The van der Waals surface area contributed by atoms with Crippen molar-refractivity contribution in [1.82, 2.24) is 0 Å². The van der Waals surface area contributed by atoms with Crippen molar-refractivity contribution in [2.24, 2.45) is 0 Å². The zero-order valence-electron chi connectivity index (χ0n) is 18.7. The SMILES string of the molecule is CCCCOCCCC.CCOCC.OCCOCCO.OCCOCCO. The van der Waals surface area contributed by atoms with Gasteiger partial charge in [0.1, 0.15) is 0 Å². The zero-order valence-corrected chi connectivity index (χ0v) is 18.7. The van der Waals surface area contributed by atoms with E-state index >= 15 is 0 Å². The van der Waals surface area contributed by atoms with E-state index in [1.54, 1.807) is 0 Å². The van der Waals surface area contributed by atoms with Gasteiger partial charge in [-0.25, -0.2) is 0 Å². The first-order chi connectivity index (χ1) is 13.7. The molecule has 0 aromatic carbocycles. The molecule has 0 heterocycles. The largest absolute Gasteiger partial charge is 0.394 e. The first kappa shape index (κ1) is 35.1. The van der Waals surface area contributed by atoms with Gasteiger partial charge in [0.25, 0.3) is 0 Å². The summed E-state index contributed by atoms with van der Waals surface area (Å²) < 4.78 is 19.4. The Morgan fingerprint density at radius 1 is 0.429 bits per heavy atom. The normalized spacial score (nSPS) is 9.43. The summed E-state index contributed by atoms with van der Waals surface area (Å²) in [5, 5.41) is 32.3. The molecular weight excluding hydrogens is 368 g/mol. The van der Waals surface area contributed by atoms with E-state index in [9.17, 15) is 0 Å². The highest BCUT2D eigenvalue weighted by molar-refractivity contribution is 4.34. The topological polar surface area (TPSA) is 118 Å². The summed E-state index contributed by atoms with van der Waals surface area (Å²) in [6, 6.07) is 0. The molecule has 28 heavy (non-hydrogen) atoms. The van der Waals surface area contributed by atoms with Crippen molar-refractivity contribution in [3.8, 4) is 0 Å². The van der Waals surface area contributed by atoms with E-state index in [-0.39, 0.29) is 26.4 Å². The van der Waals surface area contributed by atoms with Crippen molar-refractivity contribution in [3.63, 3.8) is 0 Å². The van der Waals surface area contributed by atoms with Gasteiger partial charge in [0.05, 0.1) is 52.9 Å². The van der Waals surface area contributed by atoms with E-state index in [1.165, 1.54) is 25.7 Å². The molecule has 0 aliphatic rings. The summed E-state index contributed by atoms with van der Waals surface area (Å²) >= 11 is 0. The molecule has 176 valence electrons. The fraction of sp³-hybridized carbons (Fsp3) is 1.00. The first-order valence-electron chi connectivity index (χ1n) is 10.4.